The first-order valence-electron chi connectivity index (χ1n) is 15.1. The Bertz CT molecular complexity index is 1490. The number of rotatable bonds is 8. The number of nitrogens with zero attached hydrogens (tertiary/aromatic N) is 4. The number of carbonyl (C=O) groups excluding carboxylic acids is 1. The molecule has 3 aromatic rings. The lowest BCUT2D eigenvalue weighted by atomic mass is 9.70. The summed E-state index contributed by atoms with van der Waals surface area (Å²) in [5, 5.41) is 14.3. The molecule has 2 saturated heterocycles. The number of carbonyl (C=O) groups is 1. The number of fused-ring (bicyclic) bond motifs is 4. The average molecular weight is 556 g/mol. The molecule has 216 valence electrons. The molecule has 2 aliphatic heterocycles. The van der Waals surface area contributed by atoms with E-state index in [-0.39, 0.29) is 5.78 Å². The number of nitrogens with one attached hydrogen (secondary N) is 1. The highest BCUT2D eigenvalue weighted by Crippen LogP contribution is 2.47. The van der Waals surface area contributed by atoms with Gasteiger partial charge in [-0.1, -0.05) is 26.8 Å². The minimum atomic E-state index is -0.400. The number of hydrogen-bond acceptors (Lipinski definition) is 7. The van der Waals surface area contributed by atoms with Gasteiger partial charge in [0.1, 0.15) is 0 Å². The Hall–Kier alpha value is -3.22. The van der Waals surface area contributed by atoms with Crippen molar-refractivity contribution in [3.63, 3.8) is 0 Å². The molecule has 41 heavy (non-hydrogen) atoms. The van der Waals surface area contributed by atoms with E-state index in [1.165, 1.54) is 5.56 Å². The van der Waals surface area contributed by atoms with E-state index in [2.05, 4.69) is 58.7 Å². The van der Waals surface area contributed by atoms with Crippen molar-refractivity contribution in [2.24, 2.45) is 0 Å². The summed E-state index contributed by atoms with van der Waals surface area (Å²) in [5.41, 5.74) is 7.18. The molecule has 0 bridgehead atoms. The predicted molar refractivity (Wildman–Crippen MR) is 161 cm³/mol. The van der Waals surface area contributed by atoms with Gasteiger partial charge >= 0.3 is 0 Å². The molecule has 1 aromatic heterocycles. The molecule has 1 aliphatic carbocycles. The van der Waals surface area contributed by atoms with Crippen LogP contribution in [0.5, 0.6) is 0 Å². The Morgan fingerprint density at radius 3 is 2.29 bits per heavy atom. The van der Waals surface area contributed by atoms with E-state index >= 15 is 0 Å². The van der Waals surface area contributed by atoms with Gasteiger partial charge in [0.2, 0.25) is 0 Å². The van der Waals surface area contributed by atoms with Gasteiger partial charge in [-0.15, -0.1) is 0 Å². The van der Waals surface area contributed by atoms with Crippen molar-refractivity contribution in [2.75, 3.05) is 77.6 Å². The molecule has 2 aromatic carbocycles. The fraction of sp³-hybridized carbons (Fsp3) is 0.515. The second kappa shape index (κ2) is 11.6. The highest BCUT2D eigenvalue weighted by Gasteiger charge is 2.42. The molecule has 0 unspecified atom stereocenters. The number of morpholine rings is 2. The number of aryl methyl sites for hydroxylation is 1. The Labute approximate surface area is 242 Å². The van der Waals surface area contributed by atoms with E-state index < -0.39 is 5.41 Å². The summed E-state index contributed by atoms with van der Waals surface area (Å²) in [6.45, 7) is 17.0. The molecular weight excluding hydrogens is 514 g/mol. The van der Waals surface area contributed by atoms with Crippen molar-refractivity contribution < 1.29 is 14.3 Å². The summed E-state index contributed by atoms with van der Waals surface area (Å²) in [6, 6.07) is 12.4. The van der Waals surface area contributed by atoms with Crippen LogP contribution in [0.3, 0.4) is 0 Å². The molecule has 8 heteroatoms. The Morgan fingerprint density at radius 1 is 0.951 bits per heavy atom. The van der Waals surface area contributed by atoms with Gasteiger partial charge in [-0.25, -0.2) is 0 Å². The summed E-state index contributed by atoms with van der Waals surface area (Å²) in [6.07, 6.45) is 0.848. The Balaban J connectivity index is 1.40. The SMILES string of the molecule is CCc1cc2c(cc1NCCN1CCOCC1)C(C)(C)c1c(c3ccc(C#N)cc3n1CCN1CCOCC1)C2=O. The van der Waals surface area contributed by atoms with Gasteiger partial charge in [-0.05, 0) is 41.8 Å². The maximum absolute atomic E-state index is 14.3. The standard InChI is InChI=1S/C33H41N5O3/c1-4-24-20-26-27(21-28(24)35-7-8-36-11-15-40-16-12-36)33(2,3)32-30(31(26)39)25-6-5-23(22-34)19-29(25)38(32)10-9-37-13-17-41-18-14-37/h5-6,19-21,35H,4,7-18H2,1-3H3. The Morgan fingerprint density at radius 2 is 1.63 bits per heavy atom. The average Bonchev–Trinajstić information content (AvgIpc) is 3.34. The quantitative estimate of drug-likeness (QED) is 0.450. The van der Waals surface area contributed by atoms with Crippen molar-refractivity contribution in [2.45, 2.75) is 39.2 Å². The van der Waals surface area contributed by atoms with Crippen LogP contribution in [0.4, 0.5) is 5.69 Å². The fourth-order valence-corrected chi connectivity index (χ4v) is 6.84. The van der Waals surface area contributed by atoms with Crippen LogP contribution in [-0.2, 0) is 27.9 Å². The van der Waals surface area contributed by atoms with Gasteiger partial charge in [0, 0.05) is 80.1 Å². The zero-order valence-electron chi connectivity index (χ0n) is 24.6. The van der Waals surface area contributed by atoms with Crippen molar-refractivity contribution in [1.82, 2.24) is 14.4 Å². The van der Waals surface area contributed by atoms with Crippen LogP contribution < -0.4 is 5.32 Å². The first-order chi connectivity index (χ1) is 19.9. The van der Waals surface area contributed by atoms with Crippen molar-refractivity contribution in [1.29, 1.82) is 5.26 Å². The highest BCUT2D eigenvalue weighted by molar-refractivity contribution is 6.20. The van der Waals surface area contributed by atoms with Crippen LogP contribution in [0.1, 0.15) is 59.1 Å². The molecule has 6 rings (SSSR count). The molecule has 0 atom stereocenters. The van der Waals surface area contributed by atoms with E-state index in [4.69, 9.17) is 9.47 Å². The van der Waals surface area contributed by atoms with E-state index in [0.717, 1.165) is 124 Å². The molecule has 0 saturated carbocycles. The van der Waals surface area contributed by atoms with Crippen LogP contribution in [0.25, 0.3) is 10.9 Å². The number of ether oxygens (including phenoxy) is 2. The van der Waals surface area contributed by atoms with Crippen molar-refractivity contribution >= 4 is 22.4 Å². The van der Waals surface area contributed by atoms with Gasteiger partial charge in [0.15, 0.2) is 5.78 Å². The first kappa shape index (κ1) is 27.9. The zero-order valence-corrected chi connectivity index (χ0v) is 24.6. The maximum Gasteiger partial charge on any atom is 0.195 e. The van der Waals surface area contributed by atoms with E-state index in [9.17, 15) is 10.1 Å². The lowest BCUT2D eigenvalue weighted by Crippen LogP contribution is -2.39. The predicted octanol–water partition coefficient (Wildman–Crippen LogP) is 4.02. The number of benzene rings is 2. The molecule has 2 fully saturated rings. The molecule has 3 heterocycles. The third-order valence-electron chi connectivity index (χ3n) is 9.15. The van der Waals surface area contributed by atoms with Crippen LogP contribution in [0.15, 0.2) is 30.3 Å². The van der Waals surface area contributed by atoms with Crippen LogP contribution in [0, 0.1) is 11.3 Å². The van der Waals surface area contributed by atoms with E-state index in [1.807, 2.05) is 18.2 Å². The second-order valence-corrected chi connectivity index (χ2v) is 11.9. The molecule has 8 nitrogen and oxygen atoms in total. The summed E-state index contributed by atoms with van der Waals surface area (Å²) >= 11 is 0. The Kier molecular flexibility index (Phi) is 7.88. The summed E-state index contributed by atoms with van der Waals surface area (Å²) in [4.78, 5) is 19.2. The minimum Gasteiger partial charge on any atom is -0.384 e. The number of aromatic nitrogens is 1. The van der Waals surface area contributed by atoms with Gasteiger partial charge in [0.05, 0.1) is 49.1 Å². The van der Waals surface area contributed by atoms with Gasteiger partial charge in [0.25, 0.3) is 0 Å². The van der Waals surface area contributed by atoms with Crippen LogP contribution >= 0.6 is 0 Å². The number of nitriles is 1. The van der Waals surface area contributed by atoms with Crippen LogP contribution in [0.2, 0.25) is 0 Å². The van der Waals surface area contributed by atoms with Gasteiger partial charge < -0.3 is 19.4 Å². The smallest absolute Gasteiger partial charge is 0.195 e. The second-order valence-electron chi connectivity index (χ2n) is 11.9. The normalized spacial score (nSPS) is 19.1. The monoisotopic (exact) mass is 555 g/mol. The molecule has 1 N–H and O–H groups in total. The summed E-state index contributed by atoms with van der Waals surface area (Å²) < 4.78 is 13.4. The molecule has 0 spiro atoms. The van der Waals surface area contributed by atoms with Crippen LogP contribution in [-0.4, -0.2) is 92.4 Å². The van der Waals surface area contributed by atoms with E-state index in [0.29, 0.717) is 5.56 Å². The lowest BCUT2D eigenvalue weighted by molar-refractivity contribution is 0.0364. The fourth-order valence-electron chi connectivity index (χ4n) is 6.84. The number of hydrogen-bond donors (Lipinski definition) is 1. The number of anilines is 1. The largest absolute Gasteiger partial charge is 0.384 e. The summed E-state index contributed by atoms with van der Waals surface area (Å²) in [5.74, 6) is 0.0868. The topological polar surface area (TPSA) is 82.8 Å². The lowest BCUT2D eigenvalue weighted by Gasteiger charge is -2.36. The third-order valence-corrected chi connectivity index (χ3v) is 9.15. The third kappa shape index (κ3) is 5.17. The van der Waals surface area contributed by atoms with Gasteiger partial charge in [-0.3, -0.25) is 14.6 Å². The summed E-state index contributed by atoms with van der Waals surface area (Å²) in [7, 11) is 0. The minimum absolute atomic E-state index is 0.0868. The molecule has 3 aliphatic rings. The zero-order chi connectivity index (χ0) is 28.6. The van der Waals surface area contributed by atoms with Crippen molar-refractivity contribution in [3.8, 4) is 6.07 Å². The maximum atomic E-state index is 14.3. The molecule has 0 radical (unpaired) electrons. The number of ketones is 1. The van der Waals surface area contributed by atoms with E-state index in [1.54, 1.807) is 0 Å². The highest BCUT2D eigenvalue weighted by atomic mass is 16.5. The first-order valence-corrected chi connectivity index (χ1v) is 15.1. The van der Waals surface area contributed by atoms with Crippen molar-refractivity contribution in [3.05, 3.63) is 63.8 Å². The molecule has 0 amide bonds. The van der Waals surface area contributed by atoms with Gasteiger partial charge in [-0.2, -0.15) is 5.26 Å². The molecular formula is C33H41N5O3.